The average Bonchev–Trinajstić information content (AvgIpc) is 3.10. The van der Waals surface area contributed by atoms with E-state index in [1.54, 1.807) is 6.92 Å². The first kappa shape index (κ1) is 13.5. The van der Waals surface area contributed by atoms with Crippen LogP contribution in [0.5, 0.6) is 0 Å². The molecule has 0 bridgehead atoms. The number of halogens is 1. The second-order valence-electron chi connectivity index (χ2n) is 4.44. The Balaban J connectivity index is 2.29. The van der Waals surface area contributed by atoms with E-state index in [2.05, 4.69) is 4.98 Å². The summed E-state index contributed by atoms with van der Waals surface area (Å²) in [7, 11) is -3.09. The van der Waals surface area contributed by atoms with Gasteiger partial charge >= 0.3 is 0 Å². The van der Waals surface area contributed by atoms with E-state index in [-0.39, 0.29) is 34.7 Å². The van der Waals surface area contributed by atoms with Crippen LogP contribution in [0.4, 0.5) is 0 Å². The van der Waals surface area contributed by atoms with E-state index < -0.39 is 9.84 Å². The van der Waals surface area contributed by atoms with Crippen LogP contribution in [0.1, 0.15) is 31.5 Å². The Morgan fingerprint density at radius 3 is 2.72 bits per heavy atom. The van der Waals surface area contributed by atoms with E-state index in [1.165, 1.54) is 10.6 Å². The van der Waals surface area contributed by atoms with E-state index >= 15 is 0 Å². The molecule has 1 aromatic heterocycles. The molecule has 0 N–H and O–H groups in total. The zero-order valence-electron chi connectivity index (χ0n) is 10.1. The van der Waals surface area contributed by atoms with Crippen LogP contribution in [0.2, 0.25) is 5.15 Å². The summed E-state index contributed by atoms with van der Waals surface area (Å²) >= 11 is 5.77. The van der Waals surface area contributed by atoms with Crippen molar-refractivity contribution in [3.8, 4) is 0 Å². The summed E-state index contributed by atoms with van der Waals surface area (Å²) in [5.74, 6) is 0.924. The van der Waals surface area contributed by atoms with E-state index in [4.69, 9.17) is 11.6 Å². The summed E-state index contributed by atoms with van der Waals surface area (Å²) in [5.41, 5.74) is -0.275. The highest BCUT2D eigenvalue weighted by Crippen LogP contribution is 2.38. The number of hydrogen-bond acceptors (Lipinski definition) is 4. The van der Waals surface area contributed by atoms with Gasteiger partial charge in [-0.25, -0.2) is 13.4 Å². The summed E-state index contributed by atoms with van der Waals surface area (Å²) in [6, 6.07) is 1.23. The SMILES string of the molecule is CCS(=O)(=O)CCn1c(C2CC2)nc(Cl)cc1=O. The van der Waals surface area contributed by atoms with Gasteiger partial charge in [0.2, 0.25) is 0 Å². The fraction of sp³-hybridized carbons (Fsp3) is 0.636. The molecular formula is C11H15ClN2O3S. The van der Waals surface area contributed by atoms with Crippen molar-refractivity contribution in [2.45, 2.75) is 32.2 Å². The summed E-state index contributed by atoms with van der Waals surface area (Å²) in [6.07, 6.45) is 1.96. The first-order valence-corrected chi connectivity index (χ1v) is 8.10. The van der Waals surface area contributed by atoms with Crippen LogP contribution in [0, 0.1) is 0 Å². The van der Waals surface area contributed by atoms with Gasteiger partial charge in [0.25, 0.3) is 5.56 Å². The Kier molecular flexibility index (Phi) is 3.77. The average molecular weight is 291 g/mol. The van der Waals surface area contributed by atoms with Crippen LogP contribution in [-0.4, -0.2) is 29.5 Å². The topological polar surface area (TPSA) is 69.0 Å². The van der Waals surface area contributed by atoms with E-state index in [0.717, 1.165) is 12.8 Å². The summed E-state index contributed by atoms with van der Waals surface area (Å²) in [5, 5.41) is 0.177. The molecule has 0 amide bonds. The summed E-state index contributed by atoms with van der Waals surface area (Å²) < 4.78 is 24.4. The largest absolute Gasteiger partial charge is 0.295 e. The third kappa shape index (κ3) is 3.11. The third-order valence-corrected chi connectivity index (χ3v) is 4.89. The molecule has 18 heavy (non-hydrogen) atoms. The third-order valence-electron chi connectivity index (χ3n) is 3.01. The van der Waals surface area contributed by atoms with E-state index in [1.807, 2.05) is 0 Å². The smallest absolute Gasteiger partial charge is 0.255 e. The molecule has 1 aliphatic rings. The van der Waals surface area contributed by atoms with Crippen molar-refractivity contribution in [2.24, 2.45) is 0 Å². The zero-order chi connectivity index (χ0) is 13.3. The molecule has 1 aromatic rings. The van der Waals surface area contributed by atoms with Gasteiger partial charge in [-0.3, -0.25) is 9.36 Å². The Hall–Kier alpha value is -0.880. The predicted molar refractivity (Wildman–Crippen MR) is 69.8 cm³/mol. The molecule has 0 aromatic carbocycles. The molecule has 1 saturated carbocycles. The van der Waals surface area contributed by atoms with Gasteiger partial charge in [-0.1, -0.05) is 18.5 Å². The van der Waals surface area contributed by atoms with Crippen LogP contribution in [0.3, 0.4) is 0 Å². The molecule has 5 nitrogen and oxygen atoms in total. The molecule has 2 rings (SSSR count). The minimum atomic E-state index is -3.09. The van der Waals surface area contributed by atoms with Crippen LogP contribution in [0.15, 0.2) is 10.9 Å². The molecule has 0 atom stereocenters. The highest BCUT2D eigenvalue weighted by atomic mass is 35.5. The maximum absolute atomic E-state index is 11.8. The standard InChI is InChI=1S/C11H15ClN2O3S/c1-2-18(16,17)6-5-14-10(15)7-9(12)13-11(14)8-3-4-8/h7-8H,2-6H2,1H3. The molecule has 0 aliphatic heterocycles. The van der Waals surface area contributed by atoms with Crippen molar-refractivity contribution >= 4 is 21.4 Å². The van der Waals surface area contributed by atoms with Crippen molar-refractivity contribution in [1.82, 2.24) is 9.55 Å². The van der Waals surface area contributed by atoms with Crippen molar-refractivity contribution in [2.75, 3.05) is 11.5 Å². The fourth-order valence-electron chi connectivity index (χ4n) is 1.75. The lowest BCUT2D eigenvalue weighted by atomic mass is 10.3. The molecule has 100 valence electrons. The minimum absolute atomic E-state index is 0.0353. The van der Waals surface area contributed by atoms with Gasteiger partial charge in [0.1, 0.15) is 11.0 Å². The van der Waals surface area contributed by atoms with Crippen LogP contribution < -0.4 is 5.56 Å². The number of aromatic nitrogens is 2. The lowest BCUT2D eigenvalue weighted by molar-refractivity contribution is 0.581. The second-order valence-corrected chi connectivity index (χ2v) is 7.30. The van der Waals surface area contributed by atoms with Gasteiger partial charge in [-0.05, 0) is 12.8 Å². The fourth-order valence-corrected chi connectivity index (χ4v) is 2.68. The molecule has 0 spiro atoms. The first-order valence-electron chi connectivity index (χ1n) is 5.90. The number of rotatable bonds is 5. The van der Waals surface area contributed by atoms with Crippen LogP contribution in [-0.2, 0) is 16.4 Å². The van der Waals surface area contributed by atoms with Gasteiger partial charge in [0, 0.05) is 24.3 Å². The normalized spacial score (nSPS) is 15.9. The molecule has 0 radical (unpaired) electrons. The first-order chi connectivity index (χ1) is 8.43. The second kappa shape index (κ2) is 5.01. The van der Waals surface area contributed by atoms with Crippen LogP contribution in [0.25, 0.3) is 0 Å². The molecule has 1 heterocycles. The highest BCUT2D eigenvalue weighted by Gasteiger charge is 2.29. The van der Waals surface area contributed by atoms with Crippen molar-refractivity contribution in [1.29, 1.82) is 0 Å². The van der Waals surface area contributed by atoms with Gasteiger partial charge in [0.15, 0.2) is 9.84 Å². The quantitative estimate of drug-likeness (QED) is 0.764. The van der Waals surface area contributed by atoms with Gasteiger partial charge < -0.3 is 0 Å². The zero-order valence-corrected chi connectivity index (χ0v) is 11.7. The van der Waals surface area contributed by atoms with Crippen LogP contribution >= 0.6 is 11.6 Å². The number of hydrogen-bond donors (Lipinski definition) is 0. The van der Waals surface area contributed by atoms with Crippen molar-refractivity contribution in [3.05, 3.63) is 27.4 Å². The predicted octanol–water partition coefficient (Wildman–Crippen LogP) is 1.21. The van der Waals surface area contributed by atoms with Gasteiger partial charge in [-0.15, -0.1) is 0 Å². The molecule has 7 heteroatoms. The summed E-state index contributed by atoms with van der Waals surface area (Å²) in [4.78, 5) is 16.0. The maximum Gasteiger partial charge on any atom is 0.255 e. The molecule has 0 unspecified atom stereocenters. The number of sulfone groups is 1. The highest BCUT2D eigenvalue weighted by molar-refractivity contribution is 7.91. The van der Waals surface area contributed by atoms with Gasteiger partial charge in [-0.2, -0.15) is 0 Å². The lowest BCUT2D eigenvalue weighted by Gasteiger charge is -2.11. The number of nitrogens with zero attached hydrogens (tertiary/aromatic N) is 2. The van der Waals surface area contributed by atoms with Crippen molar-refractivity contribution < 1.29 is 8.42 Å². The molecule has 0 saturated heterocycles. The Bertz CT molecular complexity index is 605. The van der Waals surface area contributed by atoms with E-state index in [0.29, 0.717) is 5.82 Å². The maximum atomic E-state index is 11.8. The van der Waals surface area contributed by atoms with Gasteiger partial charge in [0.05, 0.1) is 5.75 Å². The Labute approximate surface area is 111 Å². The monoisotopic (exact) mass is 290 g/mol. The molecule has 1 aliphatic carbocycles. The van der Waals surface area contributed by atoms with E-state index in [9.17, 15) is 13.2 Å². The Morgan fingerprint density at radius 2 is 2.17 bits per heavy atom. The summed E-state index contributed by atoms with van der Waals surface area (Å²) in [6.45, 7) is 1.75. The molecular weight excluding hydrogens is 276 g/mol. The molecule has 1 fully saturated rings. The minimum Gasteiger partial charge on any atom is -0.295 e. The Morgan fingerprint density at radius 1 is 1.50 bits per heavy atom. The lowest BCUT2D eigenvalue weighted by Crippen LogP contribution is -2.28. The van der Waals surface area contributed by atoms with Crippen molar-refractivity contribution in [3.63, 3.8) is 0 Å².